The number of hydrogen-bond donors (Lipinski definition) is 1. The van der Waals surface area contributed by atoms with Gasteiger partial charge in [0.1, 0.15) is 0 Å². The Morgan fingerprint density at radius 2 is 1.91 bits per heavy atom. The third kappa shape index (κ3) is 3.53. The summed E-state index contributed by atoms with van der Waals surface area (Å²) in [6, 6.07) is 10.4. The van der Waals surface area contributed by atoms with Crippen molar-refractivity contribution >= 4 is 22.4 Å². The molecular formula is C25H26N4O2S. The Balaban J connectivity index is 1.30. The van der Waals surface area contributed by atoms with Crippen LogP contribution < -0.4 is 4.90 Å². The van der Waals surface area contributed by atoms with Crippen LogP contribution >= 0.6 is 0 Å². The van der Waals surface area contributed by atoms with Gasteiger partial charge in [-0.3, -0.25) is 9.19 Å². The Labute approximate surface area is 190 Å². The van der Waals surface area contributed by atoms with Crippen molar-refractivity contribution in [2.75, 3.05) is 23.8 Å². The SMILES string of the molecule is O=S(CCCO)c1ccc2c(c1)N(c1ncc(-c3cc(C4CC4)ccn3)cn1)CC21CC1. The zero-order valence-corrected chi connectivity index (χ0v) is 18.7. The first-order valence-electron chi connectivity index (χ1n) is 11.4. The van der Waals surface area contributed by atoms with Gasteiger partial charge in [0.2, 0.25) is 5.95 Å². The molecule has 164 valence electrons. The summed E-state index contributed by atoms with van der Waals surface area (Å²) in [6.45, 7) is 0.925. The minimum Gasteiger partial charge on any atom is -0.396 e. The fourth-order valence-corrected chi connectivity index (χ4v) is 5.83. The molecule has 3 heterocycles. The summed E-state index contributed by atoms with van der Waals surface area (Å²) < 4.78 is 12.6. The number of nitrogens with zero attached hydrogens (tertiary/aromatic N) is 4. The summed E-state index contributed by atoms with van der Waals surface area (Å²) in [7, 11) is -1.12. The number of fused-ring (bicyclic) bond motifs is 2. The topological polar surface area (TPSA) is 79.2 Å². The first kappa shape index (κ1) is 20.0. The summed E-state index contributed by atoms with van der Waals surface area (Å²) in [5, 5.41) is 9.07. The lowest BCUT2D eigenvalue weighted by Crippen LogP contribution is -2.21. The Hall–Kier alpha value is -2.64. The van der Waals surface area contributed by atoms with Crippen LogP contribution in [0.5, 0.6) is 0 Å². The smallest absolute Gasteiger partial charge is 0.229 e. The monoisotopic (exact) mass is 446 g/mol. The largest absolute Gasteiger partial charge is 0.396 e. The fourth-order valence-electron chi connectivity index (χ4n) is 4.74. The van der Waals surface area contributed by atoms with E-state index in [4.69, 9.17) is 15.1 Å². The Bertz CT molecular complexity index is 1190. The number of benzene rings is 1. The van der Waals surface area contributed by atoms with Gasteiger partial charge >= 0.3 is 0 Å². The number of hydrogen-bond acceptors (Lipinski definition) is 6. The van der Waals surface area contributed by atoms with E-state index in [0.717, 1.165) is 28.4 Å². The van der Waals surface area contributed by atoms with Crippen molar-refractivity contribution in [1.29, 1.82) is 0 Å². The lowest BCUT2D eigenvalue weighted by atomic mass is 9.99. The number of aliphatic hydroxyl groups excluding tert-OH is 1. The highest BCUT2D eigenvalue weighted by Crippen LogP contribution is 2.58. The molecule has 0 saturated heterocycles. The second kappa shape index (κ2) is 7.74. The molecule has 1 N–H and O–H groups in total. The van der Waals surface area contributed by atoms with Gasteiger partial charge in [-0.15, -0.1) is 0 Å². The molecule has 6 nitrogen and oxygen atoms in total. The second-order valence-corrected chi connectivity index (χ2v) is 10.8. The molecule has 3 aromatic rings. The average Bonchev–Trinajstić information content (AvgIpc) is 3.76. The zero-order chi connectivity index (χ0) is 21.7. The predicted molar refractivity (Wildman–Crippen MR) is 125 cm³/mol. The second-order valence-electron chi connectivity index (χ2n) is 9.19. The van der Waals surface area contributed by atoms with Gasteiger partial charge in [0.05, 0.1) is 16.5 Å². The van der Waals surface area contributed by atoms with Crippen molar-refractivity contribution in [1.82, 2.24) is 15.0 Å². The van der Waals surface area contributed by atoms with Crippen LogP contribution in [-0.4, -0.2) is 43.2 Å². The third-order valence-electron chi connectivity index (χ3n) is 6.90. The van der Waals surface area contributed by atoms with Crippen molar-refractivity contribution in [2.24, 2.45) is 0 Å². The highest BCUT2D eigenvalue weighted by molar-refractivity contribution is 7.85. The minimum atomic E-state index is -1.12. The molecule has 3 aliphatic rings. The molecule has 2 saturated carbocycles. The van der Waals surface area contributed by atoms with Gasteiger partial charge in [-0.1, -0.05) is 6.07 Å². The van der Waals surface area contributed by atoms with E-state index in [-0.39, 0.29) is 12.0 Å². The molecule has 0 bridgehead atoms. The van der Waals surface area contributed by atoms with Crippen LogP contribution in [0.2, 0.25) is 0 Å². The minimum absolute atomic E-state index is 0.0600. The number of pyridine rings is 1. The molecule has 0 radical (unpaired) electrons. The fraction of sp³-hybridized carbons (Fsp3) is 0.400. The van der Waals surface area contributed by atoms with Crippen molar-refractivity contribution in [3.8, 4) is 11.3 Å². The van der Waals surface area contributed by atoms with E-state index in [1.165, 1.54) is 36.8 Å². The summed E-state index contributed by atoms with van der Waals surface area (Å²) in [5.41, 5.74) is 5.76. The lowest BCUT2D eigenvalue weighted by Gasteiger charge is -2.18. The van der Waals surface area contributed by atoms with Crippen LogP contribution in [0.3, 0.4) is 0 Å². The maximum Gasteiger partial charge on any atom is 0.229 e. The van der Waals surface area contributed by atoms with Crippen LogP contribution in [0.4, 0.5) is 11.6 Å². The number of aliphatic hydroxyl groups is 1. The van der Waals surface area contributed by atoms with Crippen molar-refractivity contribution in [3.05, 3.63) is 60.0 Å². The summed E-state index contributed by atoms with van der Waals surface area (Å²) in [4.78, 5) is 16.9. The van der Waals surface area contributed by atoms with Crippen LogP contribution in [0.1, 0.15) is 49.1 Å². The summed E-state index contributed by atoms with van der Waals surface area (Å²) >= 11 is 0. The van der Waals surface area contributed by atoms with Gasteiger partial charge in [-0.05, 0) is 73.4 Å². The molecule has 1 aliphatic heterocycles. The van der Waals surface area contributed by atoms with Crippen LogP contribution in [0.25, 0.3) is 11.3 Å². The Morgan fingerprint density at radius 1 is 1.09 bits per heavy atom. The van der Waals surface area contributed by atoms with Crippen molar-refractivity contribution in [2.45, 2.75) is 48.3 Å². The van der Waals surface area contributed by atoms with Crippen LogP contribution in [0.15, 0.2) is 53.8 Å². The standard InChI is InChI=1S/C25H26N4O2S/c30-10-1-11-32(31)20-4-5-21-23(13-20)29(16-25(21)7-8-25)24-27-14-19(15-28-24)22-12-18(6-9-26-22)17-2-3-17/h4-6,9,12-15,17,30H,1-3,7-8,10-11,16H2. The van der Waals surface area contributed by atoms with Crippen molar-refractivity contribution in [3.63, 3.8) is 0 Å². The molecule has 32 heavy (non-hydrogen) atoms. The summed E-state index contributed by atoms with van der Waals surface area (Å²) in [6.07, 6.45) is 11.0. The molecule has 2 fully saturated rings. The molecule has 1 atom stereocenters. The van der Waals surface area contributed by atoms with E-state index in [9.17, 15) is 4.21 Å². The molecular weight excluding hydrogens is 420 g/mol. The molecule has 7 heteroatoms. The van der Waals surface area contributed by atoms with E-state index >= 15 is 0 Å². The van der Waals surface area contributed by atoms with E-state index < -0.39 is 10.8 Å². The van der Waals surface area contributed by atoms with E-state index in [1.54, 1.807) is 0 Å². The van der Waals surface area contributed by atoms with E-state index in [0.29, 0.717) is 24.0 Å². The quantitative estimate of drug-likeness (QED) is 0.589. The first-order valence-corrected chi connectivity index (χ1v) is 12.7. The first-order chi connectivity index (χ1) is 15.7. The number of rotatable bonds is 7. The molecule has 2 aliphatic carbocycles. The molecule has 0 amide bonds. The van der Waals surface area contributed by atoms with Gasteiger partial charge in [0.15, 0.2) is 0 Å². The molecule has 1 spiro atoms. The van der Waals surface area contributed by atoms with Crippen molar-refractivity contribution < 1.29 is 9.32 Å². The highest BCUT2D eigenvalue weighted by Gasteiger charge is 2.52. The Morgan fingerprint density at radius 3 is 2.62 bits per heavy atom. The van der Waals surface area contributed by atoms with Gasteiger partial charge in [0.25, 0.3) is 0 Å². The molecule has 1 aromatic carbocycles. The van der Waals surface area contributed by atoms with Gasteiger partial charge in [-0.2, -0.15) is 0 Å². The lowest BCUT2D eigenvalue weighted by molar-refractivity contribution is 0.296. The van der Waals surface area contributed by atoms with E-state index in [2.05, 4.69) is 28.1 Å². The zero-order valence-electron chi connectivity index (χ0n) is 17.9. The maximum absolute atomic E-state index is 12.6. The Kier molecular flexibility index (Phi) is 4.84. The molecule has 1 unspecified atom stereocenters. The normalized spacial score (nSPS) is 19.2. The highest BCUT2D eigenvalue weighted by atomic mass is 32.2. The number of aromatic nitrogens is 3. The van der Waals surface area contributed by atoms with Crippen LogP contribution in [0, 0.1) is 0 Å². The number of anilines is 2. The third-order valence-corrected chi connectivity index (χ3v) is 8.34. The maximum atomic E-state index is 12.6. The molecule has 6 rings (SSSR count). The predicted octanol–water partition coefficient (Wildman–Crippen LogP) is 4.09. The van der Waals surface area contributed by atoms with E-state index in [1.807, 2.05) is 30.7 Å². The molecule has 2 aromatic heterocycles. The van der Waals surface area contributed by atoms with Crippen LogP contribution in [-0.2, 0) is 16.2 Å². The van der Waals surface area contributed by atoms with Gasteiger partial charge < -0.3 is 10.0 Å². The summed E-state index contributed by atoms with van der Waals surface area (Å²) in [5.74, 6) is 1.83. The van der Waals surface area contributed by atoms with Gasteiger partial charge in [0, 0.05) is 59.1 Å². The average molecular weight is 447 g/mol. The van der Waals surface area contributed by atoms with Gasteiger partial charge in [-0.25, -0.2) is 9.97 Å².